The first-order valence-corrected chi connectivity index (χ1v) is 6.70. The fraction of sp³-hybridized carbons (Fsp3) is 0.900. The van der Waals surface area contributed by atoms with Crippen molar-refractivity contribution in [2.24, 2.45) is 0 Å². The molecule has 0 aromatic heterocycles. The Morgan fingerprint density at radius 1 is 1.47 bits per heavy atom. The first-order valence-electron chi connectivity index (χ1n) is 6.07. The molecule has 17 heavy (non-hydrogen) atoms. The minimum Gasteiger partial charge on any atom is -0.480 e. The van der Waals surface area contributed by atoms with Gasteiger partial charge in [-0.05, 0) is 13.0 Å². The zero-order chi connectivity index (χ0) is 13.5. The van der Waals surface area contributed by atoms with E-state index in [-0.39, 0.29) is 0 Å². The Bertz CT molecular complexity index is 174. The van der Waals surface area contributed by atoms with Crippen molar-refractivity contribution < 1.29 is 9.90 Å². The molecule has 0 bridgehead atoms. The van der Waals surface area contributed by atoms with Crippen LogP contribution in [0.4, 0.5) is 0 Å². The fourth-order valence-electron chi connectivity index (χ4n) is 1.02. The SMILES string of the molecule is CCCCCNC(CS)C(=O)O.[B][B][B]CC. The molecule has 1 unspecified atom stereocenters. The van der Waals surface area contributed by atoms with Gasteiger partial charge < -0.3 is 10.4 Å². The quantitative estimate of drug-likeness (QED) is 0.326. The van der Waals surface area contributed by atoms with Gasteiger partial charge in [0.2, 0.25) is 0 Å². The number of aliphatic carboxylic acids is 1. The van der Waals surface area contributed by atoms with Crippen LogP contribution in [0.15, 0.2) is 0 Å². The molecule has 0 aliphatic carbocycles. The number of nitrogens with one attached hydrogen (secondary N) is 1. The van der Waals surface area contributed by atoms with Crippen molar-refractivity contribution in [3.8, 4) is 0 Å². The molecule has 0 aliphatic heterocycles. The lowest BCUT2D eigenvalue weighted by molar-refractivity contribution is -0.138. The molecule has 0 saturated carbocycles. The predicted octanol–water partition coefficient (Wildman–Crippen LogP) is 0.981. The molecule has 0 spiro atoms. The summed E-state index contributed by atoms with van der Waals surface area (Å²) < 4.78 is 0. The standard InChI is InChI=1S/C8H17NO2S.C2H5B3/c1-2-3-4-5-9-7(6-12)8(10)11;1-2-4-5-3/h7,9,12H,2-6H2,1H3,(H,10,11);2H2,1H3. The third kappa shape index (κ3) is 16.0. The van der Waals surface area contributed by atoms with Crippen LogP contribution in [0.25, 0.3) is 0 Å². The largest absolute Gasteiger partial charge is 0.480 e. The number of carboxylic acids is 1. The molecule has 0 rings (SSSR count). The predicted molar refractivity (Wildman–Crippen MR) is 80.5 cm³/mol. The molecule has 0 aromatic rings. The maximum Gasteiger partial charge on any atom is 0.321 e. The Labute approximate surface area is 114 Å². The van der Waals surface area contributed by atoms with E-state index < -0.39 is 12.0 Å². The van der Waals surface area contributed by atoms with Gasteiger partial charge in [0.1, 0.15) is 6.04 Å². The van der Waals surface area contributed by atoms with Crippen molar-refractivity contribution in [2.45, 2.75) is 45.5 Å². The first kappa shape index (κ1) is 19.3. The van der Waals surface area contributed by atoms with Gasteiger partial charge in [-0.25, -0.2) is 0 Å². The van der Waals surface area contributed by atoms with E-state index >= 15 is 0 Å². The van der Waals surface area contributed by atoms with Gasteiger partial charge in [0, 0.05) is 20.6 Å². The van der Waals surface area contributed by atoms with E-state index in [9.17, 15) is 4.79 Å². The van der Waals surface area contributed by atoms with Gasteiger partial charge in [-0.15, -0.1) is 0 Å². The lowest BCUT2D eigenvalue weighted by Crippen LogP contribution is -2.38. The van der Waals surface area contributed by atoms with Gasteiger partial charge in [0.15, 0.2) is 0 Å². The summed E-state index contributed by atoms with van der Waals surface area (Å²) in [5.74, 6) is -0.469. The number of hydrogen-bond acceptors (Lipinski definition) is 3. The van der Waals surface area contributed by atoms with Crippen molar-refractivity contribution in [2.75, 3.05) is 12.3 Å². The topological polar surface area (TPSA) is 49.3 Å². The van der Waals surface area contributed by atoms with E-state index in [0.29, 0.717) is 5.75 Å². The molecule has 1 atom stereocenters. The second-order valence-electron chi connectivity index (χ2n) is 3.57. The van der Waals surface area contributed by atoms with Crippen LogP contribution < -0.4 is 5.32 Å². The smallest absolute Gasteiger partial charge is 0.321 e. The van der Waals surface area contributed by atoms with E-state index in [1.54, 1.807) is 7.06 Å². The van der Waals surface area contributed by atoms with Gasteiger partial charge >= 0.3 is 5.97 Å². The summed E-state index contributed by atoms with van der Waals surface area (Å²) in [4.78, 5) is 10.5. The third-order valence-electron chi connectivity index (χ3n) is 2.02. The molecule has 0 heterocycles. The van der Waals surface area contributed by atoms with Gasteiger partial charge in [0.25, 0.3) is 0 Å². The Hall–Kier alpha value is -0.0252. The average Bonchev–Trinajstić information content (AvgIpc) is 2.30. The summed E-state index contributed by atoms with van der Waals surface area (Å²) in [7, 11) is 8.42. The van der Waals surface area contributed by atoms with E-state index in [4.69, 9.17) is 12.8 Å². The van der Waals surface area contributed by atoms with Crippen LogP contribution in [0.5, 0.6) is 0 Å². The second-order valence-corrected chi connectivity index (χ2v) is 3.94. The summed E-state index contributed by atoms with van der Waals surface area (Å²) in [6.07, 6.45) is 4.37. The molecule has 0 aliphatic rings. The van der Waals surface area contributed by atoms with Crippen LogP contribution in [0.2, 0.25) is 6.32 Å². The lowest BCUT2D eigenvalue weighted by atomic mass is 9.27. The maximum absolute atomic E-state index is 10.5. The van der Waals surface area contributed by atoms with E-state index in [1.807, 2.05) is 14.1 Å². The van der Waals surface area contributed by atoms with Crippen LogP contribution in [0.3, 0.4) is 0 Å². The van der Waals surface area contributed by atoms with Crippen LogP contribution in [0, 0.1) is 0 Å². The summed E-state index contributed by atoms with van der Waals surface area (Å²) in [6.45, 7) is 4.93. The van der Waals surface area contributed by atoms with Gasteiger partial charge in [-0.2, -0.15) is 12.6 Å². The number of carboxylic acid groups (broad SMARTS) is 1. The van der Waals surface area contributed by atoms with Crippen molar-refractivity contribution in [3.05, 3.63) is 0 Å². The summed E-state index contributed by atoms with van der Waals surface area (Å²) >= 11 is 3.94. The lowest BCUT2D eigenvalue weighted by Gasteiger charge is -2.10. The molecule has 4 radical (unpaired) electrons. The number of thiol groups is 1. The van der Waals surface area contributed by atoms with Gasteiger partial charge in [-0.1, -0.05) is 33.0 Å². The second kappa shape index (κ2) is 16.0. The number of carbonyl (C=O) groups is 1. The maximum atomic E-state index is 10.5. The third-order valence-corrected chi connectivity index (χ3v) is 2.39. The minimum atomic E-state index is -0.818. The summed E-state index contributed by atoms with van der Waals surface area (Å²) in [5.41, 5.74) is 0. The molecule has 2 N–H and O–H groups in total. The molecular formula is C10H22B3NO2S. The molecule has 3 nitrogen and oxygen atoms in total. The highest BCUT2D eigenvalue weighted by atomic mass is 32.1. The highest BCUT2D eigenvalue weighted by Gasteiger charge is 2.12. The van der Waals surface area contributed by atoms with Crippen LogP contribution in [0.1, 0.15) is 33.1 Å². The first-order chi connectivity index (χ1) is 8.13. The van der Waals surface area contributed by atoms with Crippen molar-refractivity contribution in [1.82, 2.24) is 5.32 Å². The Kier molecular flexibility index (Phi) is 18.2. The highest BCUT2D eigenvalue weighted by Crippen LogP contribution is 1.93. The van der Waals surface area contributed by atoms with E-state index in [1.165, 1.54) is 0 Å². The van der Waals surface area contributed by atoms with Gasteiger partial charge in [-0.3, -0.25) is 4.79 Å². The van der Waals surface area contributed by atoms with Crippen LogP contribution >= 0.6 is 12.6 Å². The average molecular weight is 253 g/mol. The Morgan fingerprint density at radius 3 is 2.41 bits per heavy atom. The van der Waals surface area contributed by atoms with Crippen LogP contribution in [-0.4, -0.2) is 51.4 Å². The zero-order valence-electron chi connectivity index (χ0n) is 10.9. The number of unbranched alkanes of at least 4 members (excludes halogenated alkanes) is 2. The molecule has 94 valence electrons. The summed E-state index contributed by atoms with van der Waals surface area (Å²) in [5, 5.41) is 11.5. The highest BCUT2D eigenvalue weighted by molar-refractivity contribution is 7.80. The molecule has 0 amide bonds. The minimum absolute atomic E-state index is 0.349. The molecule has 0 fully saturated rings. The van der Waals surface area contributed by atoms with Crippen molar-refractivity contribution >= 4 is 40.6 Å². The Morgan fingerprint density at radius 2 is 2.12 bits per heavy atom. The van der Waals surface area contributed by atoms with Crippen molar-refractivity contribution in [1.29, 1.82) is 0 Å². The number of rotatable bonds is 9. The molecule has 0 aromatic carbocycles. The molecule has 7 heteroatoms. The molecule has 0 saturated heterocycles. The zero-order valence-corrected chi connectivity index (χ0v) is 11.7. The summed E-state index contributed by atoms with van der Waals surface area (Å²) in [6, 6.07) is -0.495. The van der Waals surface area contributed by atoms with Gasteiger partial charge in [0.05, 0.1) is 7.17 Å². The fourth-order valence-corrected chi connectivity index (χ4v) is 1.30. The monoisotopic (exact) mass is 253 g/mol. The number of hydrogen-bond donors (Lipinski definition) is 3. The van der Waals surface area contributed by atoms with Crippen LogP contribution in [-0.2, 0) is 4.79 Å². The van der Waals surface area contributed by atoms with E-state index in [2.05, 4.69) is 24.9 Å². The van der Waals surface area contributed by atoms with E-state index in [0.717, 1.165) is 32.1 Å². The van der Waals surface area contributed by atoms with Crippen molar-refractivity contribution in [3.63, 3.8) is 0 Å². The Balaban J connectivity index is 0. The normalized spacial score (nSPS) is 11.0. The molecular weight excluding hydrogens is 231 g/mol.